The van der Waals surface area contributed by atoms with Gasteiger partial charge in [0.2, 0.25) is 5.84 Å². The number of carbonyl (C=O) groups is 2. The molecule has 0 bridgehead atoms. The summed E-state index contributed by atoms with van der Waals surface area (Å²) in [6.07, 6.45) is 0. The number of aromatic hydroxyl groups is 1. The van der Waals surface area contributed by atoms with Gasteiger partial charge in [-0.15, -0.1) is 8.80 Å². The second kappa shape index (κ2) is 7.39. The summed E-state index contributed by atoms with van der Waals surface area (Å²) >= 11 is 0. The topological polar surface area (TPSA) is 147 Å². The first-order chi connectivity index (χ1) is 12.2. The Bertz CT molecular complexity index is 908. The van der Waals surface area contributed by atoms with Gasteiger partial charge in [0, 0.05) is 7.05 Å². The Hall–Kier alpha value is -3.15. The fourth-order valence-electron chi connectivity index (χ4n) is 2.01. The molecule has 1 aliphatic heterocycles. The molecule has 26 heavy (non-hydrogen) atoms. The third-order valence-corrected chi connectivity index (χ3v) is 4.07. The zero-order chi connectivity index (χ0) is 19.5. The van der Waals surface area contributed by atoms with Crippen molar-refractivity contribution in [3.05, 3.63) is 23.8 Å². The number of rotatable bonds is 4. The summed E-state index contributed by atoms with van der Waals surface area (Å²) in [6.45, 7) is -0.308. The lowest BCUT2D eigenvalue weighted by molar-refractivity contribution is -0.141. The normalized spacial score (nSPS) is 14.9. The van der Waals surface area contributed by atoms with E-state index in [1.54, 1.807) is 0 Å². The number of methoxy groups -OCH3 is 2. The van der Waals surface area contributed by atoms with Crippen molar-refractivity contribution < 1.29 is 32.6 Å². The van der Waals surface area contributed by atoms with Gasteiger partial charge in [0.15, 0.2) is 5.75 Å². The molecule has 12 heteroatoms. The van der Waals surface area contributed by atoms with E-state index in [-0.39, 0.29) is 29.5 Å². The number of para-hydroxylation sites is 1. The quantitative estimate of drug-likeness (QED) is 0.533. The van der Waals surface area contributed by atoms with Crippen molar-refractivity contribution in [3.8, 4) is 5.75 Å². The van der Waals surface area contributed by atoms with Gasteiger partial charge in [-0.2, -0.15) is 8.42 Å². The second-order valence-electron chi connectivity index (χ2n) is 5.05. The molecule has 1 heterocycles. The summed E-state index contributed by atoms with van der Waals surface area (Å²) in [5, 5.41) is 12.9. The molecule has 2 rings (SSSR count). The number of benzene rings is 1. The highest BCUT2D eigenvalue weighted by molar-refractivity contribution is 7.89. The van der Waals surface area contributed by atoms with E-state index in [0.717, 1.165) is 4.90 Å². The molecule has 0 radical (unpaired) electrons. The lowest BCUT2D eigenvalue weighted by Gasteiger charge is -2.17. The number of esters is 1. The van der Waals surface area contributed by atoms with Crippen LogP contribution in [0.4, 0.5) is 5.69 Å². The number of anilines is 1. The lowest BCUT2D eigenvalue weighted by Crippen LogP contribution is -2.32. The van der Waals surface area contributed by atoms with Gasteiger partial charge in [0.25, 0.3) is 11.8 Å². The van der Waals surface area contributed by atoms with Crippen molar-refractivity contribution in [2.75, 3.05) is 33.1 Å². The molecule has 0 saturated heterocycles. The van der Waals surface area contributed by atoms with Gasteiger partial charge in [-0.25, -0.2) is 0 Å². The molecule has 1 amide bonds. The maximum Gasteiger partial charge on any atom is 0.368 e. The minimum Gasteiger partial charge on any atom is -0.505 e. The molecule has 1 aromatic carbocycles. The zero-order valence-corrected chi connectivity index (χ0v) is 14.9. The highest BCUT2D eigenvalue weighted by Gasteiger charge is 2.27. The van der Waals surface area contributed by atoms with Crippen molar-refractivity contribution in [3.63, 3.8) is 0 Å². The molecule has 11 nitrogen and oxygen atoms in total. The predicted octanol–water partition coefficient (Wildman–Crippen LogP) is -0.249. The number of amidine groups is 1. The first-order valence-electron chi connectivity index (χ1n) is 7.09. The zero-order valence-electron chi connectivity index (χ0n) is 14.1. The molecule has 2 N–H and O–H groups in total. The number of amides is 1. The standard InChI is InChI=1S/C14H16N4O7S/c1-18(7-10(19)24-2)14(21)8-5-4-6-9(11(8)20)15-12-13(25-3)17-26(22,23)16-12/h4-6,20H,7H2,1-3H3,(H,15,16). The van der Waals surface area contributed by atoms with Gasteiger partial charge in [-0.3, -0.25) is 9.59 Å². The molecule has 0 unspecified atom stereocenters. The fraction of sp³-hybridized carbons (Fsp3) is 0.286. The average Bonchev–Trinajstić information content (AvgIpc) is 2.89. The molecular formula is C14H16N4O7S. The first-order valence-corrected chi connectivity index (χ1v) is 8.48. The summed E-state index contributed by atoms with van der Waals surface area (Å²) in [5.74, 6) is -2.25. The summed E-state index contributed by atoms with van der Waals surface area (Å²) in [4.78, 5) is 24.7. The van der Waals surface area contributed by atoms with Crippen LogP contribution in [0, 0.1) is 0 Å². The van der Waals surface area contributed by atoms with Crippen molar-refractivity contribution in [2.45, 2.75) is 0 Å². The monoisotopic (exact) mass is 384 g/mol. The molecule has 0 aliphatic carbocycles. The van der Waals surface area contributed by atoms with Crippen molar-refractivity contribution in [2.24, 2.45) is 8.80 Å². The van der Waals surface area contributed by atoms with E-state index in [4.69, 9.17) is 4.74 Å². The Morgan fingerprint density at radius 1 is 1.27 bits per heavy atom. The van der Waals surface area contributed by atoms with Crippen LogP contribution in [-0.2, 0) is 24.5 Å². The van der Waals surface area contributed by atoms with Crippen LogP contribution in [0.3, 0.4) is 0 Å². The minimum atomic E-state index is -4.07. The predicted molar refractivity (Wildman–Crippen MR) is 91.5 cm³/mol. The molecule has 0 fully saturated rings. The van der Waals surface area contributed by atoms with E-state index < -0.39 is 27.8 Å². The highest BCUT2D eigenvalue weighted by Crippen LogP contribution is 2.29. The van der Waals surface area contributed by atoms with Crippen molar-refractivity contribution in [1.29, 1.82) is 0 Å². The number of likely N-dealkylation sites (N-methyl/N-ethyl adjacent to an activating group) is 1. The fourth-order valence-corrected chi connectivity index (χ4v) is 2.78. The number of ether oxygens (including phenoxy) is 2. The lowest BCUT2D eigenvalue weighted by atomic mass is 10.1. The van der Waals surface area contributed by atoms with Gasteiger partial charge < -0.3 is 24.8 Å². The first kappa shape index (κ1) is 19.2. The van der Waals surface area contributed by atoms with Crippen LogP contribution in [0.15, 0.2) is 27.0 Å². The number of carbonyl (C=O) groups excluding carboxylic acids is 2. The Balaban J connectivity index is 2.29. The van der Waals surface area contributed by atoms with E-state index in [1.165, 1.54) is 39.5 Å². The number of hydrogen-bond donors (Lipinski definition) is 2. The summed E-state index contributed by atoms with van der Waals surface area (Å²) in [6, 6.07) is 4.19. The Labute approximate surface area is 149 Å². The number of nitrogens with one attached hydrogen (secondary N) is 1. The summed E-state index contributed by atoms with van der Waals surface area (Å²) in [5.41, 5.74) is -0.110. The van der Waals surface area contributed by atoms with E-state index in [2.05, 4.69) is 18.8 Å². The molecule has 1 aliphatic rings. The number of phenols is 1. The molecule has 0 spiro atoms. The van der Waals surface area contributed by atoms with Crippen LogP contribution < -0.4 is 5.32 Å². The maximum absolute atomic E-state index is 12.4. The van der Waals surface area contributed by atoms with Gasteiger partial charge in [0.05, 0.1) is 25.5 Å². The van der Waals surface area contributed by atoms with Crippen LogP contribution in [0.5, 0.6) is 5.75 Å². The third kappa shape index (κ3) is 4.08. The largest absolute Gasteiger partial charge is 0.505 e. The molecule has 140 valence electrons. The molecule has 0 atom stereocenters. The van der Waals surface area contributed by atoms with Gasteiger partial charge in [0.1, 0.15) is 6.54 Å². The van der Waals surface area contributed by atoms with Crippen LogP contribution >= 0.6 is 0 Å². The Morgan fingerprint density at radius 2 is 1.96 bits per heavy atom. The Kier molecular flexibility index (Phi) is 5.45. The molecule has 1 aromatic rings. The maximum atomic E-state index is 12.4. The molecular weight excluding hydrogens is 368 g/mol. The Morgan fingerprint density at radius 3 is 2.58 bits per heavy atom. The van der Waals surface area contributed by atoms with Gasteiger partial charge in [-0.05, 0) is 12.1 Å². The molecule has 0 saturated carbocycles. The van der Waals surface area contributed by atoms with E-state index in [1.807, 2.05) is 0 Å². The van der Waals surface area contributed by atoms with Crippen molar-refractivity contribution in [1.82, 2.24) is 4.90 Å². The summed E-state index contributed by atoms with van der Waals surface area (Å²) < 4.78 is 38.8. The third-order valence-electron chi connectivity index (χ3n) is 3.26. The van der Waals surface area contributed by atoms with Crippen LogP contribution in [0.2, 0.25) is 0 Å². The SMILES string of the molecule is COC(=O)CN(C)C(=O)c1cccc(NC2=NS(=O)(=O)N=C2OC)c1O. The summed E-state index contributed by atoms with van der Waals surface area (Å²) in [7, 11) is -0.307. The van der Waals surface area contributed by atoms with E-state index >= 15 is 0 Å². The number of phenolic OH excluding ortho intramolecular Hbond substituents is 1. The van der Waals surface area contributed by atoms with E-state index in [0.29, 0.717) is 0 Å². The molecule has 0 aromatic heterocycles. The van der Waals surface area contributed by atoms with Gasteiger partial charge >= 0.3 is 16.2 Å². The average molecular weight is 384 g/mol. The number of nitrogens with zero attached hydrogens (tertiary/aromatic N) is 3. The minimum absolute atomic E-state index is 0.00270. The van der Waals surface area contributed by atoms with Crippen LogP contribution in [-0.4, -0.2) is 69.8 Å². The van der Waals surface area contributed by atoms with Crippen LogP contribution in [0.25, 0.3) is 0 Å². The number of hydrogen-bond acceptors (Lipinski definition) is 8. The van der Waals surface area contributed by atoms with Gasteiger partial charge in [-0.1, -0.05) is 6.07 Å². The highest BCUT2D eigenvalue weighted by atomic mass is 32.2. The van der Waals surface area contributed by atoms with Crippen LogP contribution in [0.1, 0.15) is 10.4 Å². The second-order valence-corrected chi connectivity index (χ2v) is 6.31. The van der Waals surface area contributed by atoms with Crippen molar-refractivity contribution >= 4 is 39.5 Å². The van der Waals surface area contributed by atoms with E-state index in [9.17, 15) is 23.1 Å². The smallest absolute Gasteiger partial charge is 0.368 e.